The predicted molar refractivity (Wildman–Crippen MR) is 317 cm³/mol. The molecule has 2 heterocycles. The van der Waals surface area contributed by atoms with Crippen LogP contribution in [-0.4, -0.2) is 75.0 Å². The highest BCUT2D eigenvalue weighted by atomic mass is 33.4. The van der Waals surface area contributed by atoms with Crippen molar-refractivity contribution in [2.45, 2.75) is 124 Å². The van der Waals surface area contributed by atoms with Crippen molar-refractivity contribution in [3.8, 4) is 30.4 Å². The Hall–Kier alpha value is -0.860. The Kier molecular flexibility index (Phi) is 23.4. The Morgan fingerprint density at radius 1 is 0.722 bits per heavy atom. The Morgan fingerprint density at radius 3 is 1.49 bits per heavy atom. The number of ketones is 2. The average molecular weight is 1190 g/mol. The summed E-state index contributed by atoms with van der Waals surface area (Å²) in [5.41, 5.74) is -2.08. The lowest BCUT2D eigenvalue weighted by Gasteiger charge is -2.54. The molecule has 6 aliphatic rings. The molecule has 20 heteroatoms. The molecule has 0 amide bonds. The summed E-state index contributed by atoms with van der Waals surface area (Å²) in [6.07, 6.45) is 23.2. The largest absolute Gasteiger partial charge is 0.497 e. The Morgan fingerprint density at radius 2 is 1.12 bits per heavy atom. The zero-order valence-corrected chi connectivity index (χ0v) is 51.5. The standard InChI is InChI=1S/C30H40O5.C22H32O4.S11/c1-7-27(4,21-33-20-23-9-11-24(32-6)12-10-23)19-25(31)28(5)22(3)13-14-29(8-2)15-16-30(26(28)29)34-17-18-35-30;1-6-19(4,15-23)14-17(24)20(5)16(3)8-9-21(7-2)10-11-22(18(20)21)25-12-13-26-22;1-3-5-7-9-11-10-8-6-4-2/h2,7,9-12,22,26H,1,13-21H2,3-6H3;2,6,16,18,23H,1,8-15H2,3-5H3;/t22-,26?,27-,28+,29+;16-,18?,19-,20+,21+;/m11./s1. The fourth-order valence-electron chi connectivity index (χ4n) is 12.5. The van der Waals surface area contributed by atoms with Gasteiger partial charge in [-0.05, 0) is 68.1 Å². The maximum Gasteiger partial charge on any atom is 0.173 e. The van der Waals surface area contributed by atoms with Crippen LogP contribution in [0.1, 0.15) is 111 Å². The van der Waals surface area contributed by atoms with Gasteiger partial charge in [-0.2, -0.15) is 0 Å². The highest BCUT2D eigenvalue weighted by molar-refractivity contribution is 8.74. The van der Waals surface area contributed by atoms with Gasteiger partial charge in [0, 0.05) is 172 Å². The molecule has 72 heavy (non-hydrogen) atoms. The van der Waals surface area contributed by atoms with Crippen molar-refractivity contribution in [3.05, 3.63) is 55.1 Å². The van der Waals surface area contributed by atoms with E-state index in [0.717, 1.165) is 62.7 Å². The zero-order valence-electron chi connectivity index (χ0n) is 42.6. The van der Waals surface area contributed by atoms with E-state index in [9.17, 15) is 14.7 Å². The highest BCUT2D eigenvalue weighted by Crippen LogP contribution is 2.69. The number of rotatable bonds is 14. The van der Waals surface area contributed by atoms with Crippen LogP contribution in [0.25, 0.3) is 0 Å². The first-order chi connectivity index (χ1) is 34.3. The molecule has 0 aromatic heterocycles. The minimum Gasteiger partial charge on any atom is -0.497 e. The summed E-state index contributed by atoms with van der Waals surface area (Å²) in [6.45, 7) is 23.3. The highest BCUT2D eigenvalue weighted by Gasteiger charge is 2.71. The van der Waals surface area contributed by atoms with Gasteiger partial charge in [0.1, 0.15) is 17.3 Å². The van der Waals surface area contributed by atoms with Crippen LogP contribution in [0.2, 0.25) is 0 Å². The smallest absolute Gasteiger partial charge is 0.173 e. The number of benzene rings is 1. The normalized spacial score (nSPS) is 31.8. The van der Waals surface area contributed by atoms with Crippen LogP contribution in [-0.2, 0) is 142 Å². The van der Waals surface area contributed by atoms with Gasteiger partial charge in [-0.1, -0.05) is 77.7 Å². The second kappa shape index (κ2) is 27.1. The molecule has 0 radical (unpaired) electrons. The van der Waals surface area contributed by atoms with Crippen molar-refractivity contribution in [1.29, 1.82) is 0 Å². The first-order valence-corrected chi connectivity index (χ1v) is 37.6. The number of carbonyl (C=O) groups excluding carboxylic acids is 2. The van der Waals surface area contributed by atoms with Crippen LogP contribution in [0.15, 0.2) is 49.6 Å². The summed E-state index contributed by atoms with van der Waals surface area (Å²) in [5.74, 6) is 5.91. The van der Waals surface area contributed by atoms with E-state index >= 15 is 0 Å². The maximum atomic E-state index is 14.3. The molecule has 2 aliphatic heterocycles. The number of carbonyl (C=O) groups is 2. The van der Waals surface area contributed by atoms with E-state index in [1.54, 1.807) is 75.3 Å². The predicted octanol–water partition coefficient (Wildman–Crippen LogP) is 8.88. The third-order valence-electron chi connectivity index (χ3n) is 17.0. The quantitative estimate of drug-likeness (QED) is 0.143. The number of Topliss-reactive ketones (excluding diaryl/α,β-unsaturated/α-hetero) is 2. The van der Waals surface area contributed by atoms with Gasteiger partial charge >= 0.3 is 0 Å². The van der Waals surface area contributed by atoms with Gasteiger partial charge in [0.25, 0.3) is 0 Å². The van der Waals surface area contributed by atoms with Crippen LogP contribution in [0.3, 0.4) is 0 Å². The minimum atomic E-state index is -0.749. The second-order valence-electron chi connectivity index (χ2n) is 21.0. The van der Waals surface area contributed by atoms with Crippen molar-refractivity contribution in [2.24, 2.45) is 56.2 Å². The van der Waals surface area contributed by atoms with E-state index in [1.807, 2.05) is 44.2 Å². The zero-order chi connectivity index (χ0) is 52.9. The average Bonchev–Trinajstić information content (AvgIpc) is 4.21. The minimum absolute atomic E-state index is 0.101. The van der Waals surface area contributed by atoms with Gasteiger partial charge in [-0.3, -0.25) is 9.59 Å². The van der Waals surface area contributed by atoms with Crippen LogP contribution < -0.4 is 4.74 Å². The lowest BCUT2D eigenvalue weighted by atomic mass is 9.49. The van der Waals surface area contributed by atoms with Crippen molar-refractivity contribution in [3.63, 3.8) is 0 Å². The van der Waals surface area contributed by atoms with E-state index in [4.69, 9.17) is 41.3 Å². The molecular formula is C52H72O9S11. The number of ether oxygens (including phenoxy) is 6. The monoisotopic (exact) mass is 1190 g/mol. The molecule has 1 N–H and O–H groups in total. The maximum absolute atomic E-state index is 14.3. The summed E-state index contributed by atoms with van der Waals surface area (Å²) >= 11 is 9.35. The fraction of sp³-hybridized carbons (Fsp3) is 0.692. The number of fused-ring (bicyclic) bond motifs is 4. The van der Waals surface area contributed by atoms with E-state index in [1.165, 1.54) is 17.8 Å². The van der Waals surface area contributed by atoms with Crippen LogP contribution in [0.4, 0.5) is 0 Å². The first kappa shape index (κ1) is 62.0. The SMILES string of the molecule is C#C[C@@]12CC[C@@H](C)[C@@](C)(C(=O)C[C@@](C)(C=C)CO)C1C1(CC2)OCCO1.C#C[C@@]12CC[C@@H](C)[C@@](C)(C(=O)C[C@@](C)(C=C)COCc3ccc(OC)cc3)C1C1(CC2)OCCO1.S=S=S=S=S=S=S=S=S=S=S. The lowest BCUT2D eigenvalue weighted by Crippen LogP contribution is -2.59. The molecule has 2 saturated heterocycles. The third kappa shape index (κ3) is 13.3. The van der Waals surface area contributed by atoms with Crippen LogP contribution in [0, 0.1) is 80.8 Å². The molecule has 9 nitrogen and oxygen atoms in total. The van der Waals surface area contributed by atoms with E-state index in [2.05, 4.69) is 75.1 Å². The molecule has 10 atom stereocenters. The molecule has 1 aromatic carbocycles. The van der Waals surface area contributed by atoms with Crippen molar-refractivity contribution < 1.29 is 43.1 Å². The fourth-order valence-corrected chi connectivity index (χ4v) is 31.7. The van der Waals surface area contributed by atoms with Gasteiger partial charge in [0.15, 0.2) is 11.6 Å². The molecule has 2 unspecified atom stereocenters. The molecule has 1 aromatic rings. The molecule has 2 spiro atoms. The van der Waals surface area contributed by atoms with Gasteiger partial charge in [-0.25, -0.2) is 0 Å². The van der Waals surface area contributed by atoms with Gasteiger partial charge in [-0.15, -0.1) is 26.0 Å². The molecule has 0 bridgehead atoms. The summed E-state index contributed by atoms with van der Waals surface area (Å²) < 4.78 is 36.1. The molecule has 4 aliphatic carbocycles. The van der Waals surface area contributed by atoms with Crippen LogP contribution >= 0.6 is 0 Å². The first-order valence-electron chi connectivity index (χ1n) is 24.2. The molecule has 4 saturated carbocycles. The van der Waals surface area contributed by atoms with Gasteiger partial charge < -0.3 is 33.5 Å². The topological polar surface area (TPSA) is 110 Å². The molecular weight excluding hydrogens is 1120 g/mol. The van der Waals surface area contributed by atoms with E-state index in [-0.39, 0.29) is 59.1 Å². The summed E-state index contributed by atoms with van der Waals surface area (Å²) in [5, 5.41) is 9.77. The number of hydrogen-bond acceptors (Lipinski definition) is 11. The van der Waals surface area contributed by atoms with Crippen molar-refractivity contribution >= 4 is 114 Å². The Labute approximate surface area is 465 Å². The second-order valence-corrected chi connectivity index (χ2v) is 36.9. The number of aliphatic hydroxyl groups excluding tert-OH is 1. The van der Waals surface area contributed by atoms with Gasteiger partial charge in [0.2, 0.25) is 0 Å². The van der Waals surface area contributed by atoms with Crippen molar-refractivity contribution in [1.82, 2.24) is 0 Å². The molecule has 6 fully saturated rings. The number of terminal acetylenes is 2. The lowest BCUT2D eigenvalue weighted by molar-refractivity contribution is -0.232. The third-order valence-corrected chi connectivity index (χ3v) is 34.8. The summed E-state index contributed by atoms with van der Waals surface area (Å²) in [4.78, 5) is 27.9. The van der Waals surface area contributed by atoms with Gasteiger partial charge in [0.05, 0.1) is 53.4 Å². The summed E-state index contributed by atoms with van der Waals surface area (Å²) in [7, 11) is 16.1. The number of aliphatic hydroxyl groups is 1. The van der Waals surface area contributed by atoms with Crippen molar-refractivity contribution in [2.75, 3.05) is 46.8 Å². The Balaban J connectivity index is 0.000000228. The molecule has 400 valence electrons. The summed E-state index contributed by atoms with van der Waals surface area (Å²) in [6, 6.07) is 7.81. The van der Waals surface area contributed by atoms with E-state index in [0.29, 0.717) is 46.1 Å². The number of methoxy groups -OCH3 is 1. The Bertz CT molecular complexity index is 2600. The molecule has 7 rings (SSSR count). The van der Waals surface area contributed by atoms with E-state index < -0.39 is 33.2 Å². The van der Waals surface area contributed by atoms with Crippen LogP contribution in [0.5, 0.6) is 5.75 Å². The number of hydrogen-bond donors (Lipinski definition) is 1.